The van der Waals surface area contributed by atoms with Crippen LogP contribution < -0.4 is 10.6 Å². The minimum Gasteiger partial charge on any atom is -0.444 e. The first-order chi connectivity index (χ1) is 15.4. The van der Waals surface area contributed by atoms with Crippen molar-refractivity contribution < 1.29 is 33.0 Å². The number of nitrogens with zero attached hydrogens (tertiary/aromatic N) is 4. The van der Waals surface area contributed by atoms with Crippen LogP contribution in [0.4, 0.5) is 13.6 Å². The van der Waals surface area contributed by atoms with Crippen molar-refractivity contribution >= 4 is 28.9 Å². The highest BCUT2D eigenvalue weighted by Crippen LogP contribution is 2.33. The second-order valence-electron chi connectivity index (χ2n) is 8.73. The molecule has 13 heteroatoms. The molecule has 2 atom stereocenters. The predicted molar refractivity (Wildman–Crippen MR) is 111 cm³/mol. The summed E-state index contributed by atoms with van der Waals surface area (Å²) in [6, 6.07) is 5.51. The van der Waals surface area contributed by atoms with Gasteiger partial charge in [-0.2, -0.15) is 0 Å². The number of rotatable bonds is 6. The summed E-state index contributed by atoms with van der Waals surface area (Å²) in [5, 5.41) is 22.9. The Kier molecular flexibility index (Phi) is 6.81. The Hall–Kier alpha value is -3.35. The van der Waals surface area contributed by atoms with Gasteiger partial charge in [-0.3, -0.25) is 9.59 Å². The average molecular weight is 468 g/mol. The SMILES string of the molecule is CC(C)(C)OC(=O)NCC(=O)N1CC(F)(F)C[C@H]1C(O)C(=O)NCn1nnc2ccccc21. The van der Waals surface area contributed by atoms with E-state index >= 15 is 0 Å². The average Bonchev–Trinajstić information content (AvgIpc) is 3.28. The van der Waals surface area contributed by atoms with Gasteiger partial charge in [0.1, 0.15) is 24.3 Å². The van der Waals surface area contributed by atoms with Gasteiger partial charge < -0.3 is 25.4 Å². The first kappa shape index (κ1) is 24.3. The number of alkyl halides is 2. The van der Waals surface area contributed by atoms with Gasteiger partial charge in [0.2, 0.25) is 5.91 Å². The molecule has 2 heterocycles. The monoisotopic (exact) mass is 468 g/mol. The summed E-state index contributed by atoms with van der Waals surface area (Å²) in [6.45, 7) is 3.12. The number of amides is 3. The van der Waals surface area contributed by atoms with Crippen molar-refractivity contribution in [3.05, 3.63) is 24.3 Å². The third kappa shape index (κ3) is 6.12. The maximum atomic E-state index is 14.1. The largest absolute Gasteiger partial charge is 0.444 e. The summed E-state index contributed by atoms with van der Waals surface area (Å²) in [6.07, 6.45) is -3.71. The summed E-state index contributed by atoms with van der Waals surface area (Å²) < 4.78 is 34.5. The second-order valence-corrected chi connectivity index (χ2v) is 8.73. The maximum absolute atomic E-state index is 14.1. The number of hydrogen-bond donors (Lipinski definition) is 3. The topological polar surface area (TPSA) is 139 Å². The molecule has 33 heavy (non-hydrogen) atoms. The summed E-state index contributed by atoms with van der Waals surface area (Å²) in [4.78, 5) is 37.4. The fourth-order valence-corrected chi connectivity index (χ4v) is 3.43. The van der Waals surface area contributed by atoms with Gasteiger partial charge in [-0.25, -0.2) is 18.3 Å². The lowest BCUT2D eigenvalue weighted by molar-refractivity contribution is -0.139. The summed E-state index contributed by atoms with van der Waals surface area (Å²) in [5.74, 6) is -5.12. The number of hydrogen-bond acceptors (Lipinski definition) is 7. The molecular weight excluding hydrogens is 442 g/mol. The lowest BCUT2D eigenvalue weighted by atomic mass is 10.1. The number of fused-ring (bicyclic) bond motifs is 1. The molecule has 3 N–H and O–H groups in total. The standard InChI is InChI=1S/C20H26F2N6O5/c1-19(2,3)33-18(32)23-9-15(29)27-10-20(21,22)8-14(27)16(30)17(31)24-11-28-13-7-5-4-6-12(13)25-26-28/h4-7,14,16,30H,8-11H2,1-3H3,(H,23,32)(H,24,31)/t14-,16?/m0/s1. The molecule has 0 saturated carbocycles. The molecule has 11 nitrogen and oxygen atoms in total. The Morgan fingerprint density at radius 3 is 2.67 bits per heavy atom. The number of aliphatic hydroxyl groups excluding tert-OH is 1. The van der Waals surface area contributed by atoms with Gasteiger partial charge in [0.15, 0.2) is 6.10 Å². The van der Waals surface area contributed by atoms with Gasteiger partial charge in [0, 0.05) is 6.42 Å². The van der Waals surface area contributed by atoms with Crippen LogP contribution in [0, 0.1) is 0 Å². The van der Waals surface area contributed by atoms with Crippen molar-refractivity contribution in [3.63, 3.8) is 0 Å². The van der Waals surface area contributed by atoms with Crippen molar-refractivity contribution in [2.45, 2.75) is 57.5 Å². The highest BCUT2D eigenvalue weighted by molar-refractivity contribution is 5.85. The van der Waals surface area contributed by atoms with Crippen LogP contribution in [0.5, 0.6) is 0 Å². The first-order valence-corrected chi connectivity index (χ1v) is 10.2. The Morgan fingerprint density at radius 2 is 1.97 bits per heavy atom. The van der Waals surface area contributed by atoms with Gasteiger partial charge in [-0.15, -0.1) is 5.10 Å². The van der Waals surface area contributed by atoms with Gasteiger partial charge >= 0.3 is 6.09 Å². The fraction of sp³-hybridized carbons (Fsp3) is 0.550. The predicted octanol–water partition coefficient (Wildman–Crippen LogP) is 0.627. The number of halogens is 2. The number of aromatic nitrogens is 3. The number of ether oxygens (including phenoxy) is 1. The molecule has 3 rings (SSSR count). The highest BCUT2D eigenvalue weighted by Gasteiger charge is 2.51. The van der Waals surface area contributed by atoms with E-state index in [9.17, 15) is 28.3 Å². The molecule has 0 spiro atoms. The van der Waals surface area contributed by atoms with E-state index in [0.29, 0.717) is 15.9 Å². The van der Waals surface area contributed by atoms with Gasteiger partial charge in [0.25, 0.3) is 11.8 Å². The number of carbonyl (C=O) groups is 3. The zero-order valence-electron chi connectivity index (χ0n) is 18.4. The van der Waals surface area contributed by atoms with Crippen molar-refractivity contribution in [1.29, 1.82) is 0 Å². The van der Waals surface area contributed by atoms with E-state index < -0.39 is 61.1 Å². The van der Waals surface area contributed by atoms with Gasteiger partial charge in [-0.05, 0) is 32.9 Å². The minimum atomic E-state index is -3.30. The summed E-state index contributed by atoms with van der Waals surface area (Å²) in [5.41, 5.74) is 0.418. The van der Waals surface area contributed by atoms with E-state index in [0.717, 1.165) is 0 Å². The Bertz CT molecular complexity index is 1040. The number of nitrogens with one attached hydrogen (secondary N) is 2. The Morgan fingerprint density at radius 1 is 1.27 bits per heavy atom. The Labute approximate surface area is 188 Å². The number of aliphatic hydroxyl groups is 1. The number of likely N-dealkylation sites (tertiary alicyclic amines) is 1. The lowest BCUT2D eigenvalue weighted by Crippen LogP contribution is -2.52. The zero-order valence-corrected chi connectivity index (χ0v) is 18.4. The molecule has 1 aromatic carbocycles. The second kappa shape index (κ2) is 9.25. The van der Waals surface area contributed by atoms with Crippen LogP contribution in [0.3, 0.4) is 0 Å². The first-order valence-electron chi connectivity index (χ1n) is 10.2. The van der Waals surface area contributed by atoms with E-state index in [1.54, 1.807) is 45.0 Å². The molecule has 0 radical (unpaired) electrons. The number of para-hydroxylation sites is 1. The third-order valence-corrected chi connectivity index (χ3v) is 4.87. The number of alkyl carbamates (subject to hydrolysis) is 1. The van der Waals surface area contributed by atoms with Crippen molar-refractivity contribution in [3.8, 4) is 0 Å². The van der Waals surface area contributed by atoms with Crippen molar-refractivity contribution in [2.24, 2.45) is 0 Å². The van der Waals surface area contributed by atoms with Crippen LogP contribution in [-0.2, 0) is 21.0 Å². The van der Waals surface area contributed by atoms with Crippen LogP contribution in [-0.4, -0.2) is 79.7 Å². The lowest BCUT2D eigenvalue weighted by Gasteiger charge is -2.27. The molecule has 1 unspecified atom stereocenters. The van der Waals surface area contributed by atoms with Gasteiger partial charge in [0.05, 0.1) is 18.1 Å². The summed E-state index contributed by atoms with van der Waals surface area (Å²) in [7, 11) is 0. The molecule has 1 aliphatic heterocycles. The molecular formula is C20H26F2N6O5. The third-order valence-electron chi connectivity index (χ3n) is 4.87. The van der Waals surface area contributed by atoms with Crippen molar-refractivity contribution in [1.82, 2.24) is 30.5 Å². The molecule has 0 aliphatic carbocycles. The summed E-state index contributed by atoms with van der Waals surface area (Å²) >= 11 is 0. The van der Waals surface area contributed by atoms with Crippen LogP contribution in [0.2, 0.25) is 0 Å². The molecule has 2 aromatic rings. The molecule has 3 amide bonds. The highest BCUT2D eigenvalue weighted by atomic mass is 19.3. The fourth-order valence-electron chi connectivity index (χ4n) is 3.43. The van der Waals surface area contributed by atoms with Crippen molar-refractivity contribution in [2.75, 3.05) is 13.1 Å². The number of carbonyl (C=O) groups excluding carboxylic acids is 3. The molecule has 1 aliphatic rings. The van der Waals surface area contributed by atoms with Crippen LogP contribution in [0.15, 0.2) is 24.3 Å². The van der Waals surface area contributed by atoms with Crippen LogP contribution in [0.1, 0.15) is 27.2 Å². The maximum Gasteiger partial charge on any atom is 0.408 e. The van der Waals surface area contributed by atoms with Gasteiger partial charge in [-0.1, -0.05) is 17.3 Å². The molecule has 0 bridgehead atoms. The normalized spacial score (nSPS) is 18.7. The quantitative estimate of drug-likeness (QED) is 0.565. The van der Waals surface area contributed by atoms with E-state index in [4.69, 9.17) is 4.74 Å². The van der Waals surface area contributed by atoms with E-state index in [1.807, 2.05) is 0 Å². The van der Waals surface area contributed by atoms with Crippen LogP contribution >= 0.6 is 0 Å². The minimum absolute atomic E-state index is 0.159. The van der Waals surface area contributed by atoms with E-state index in [2.05, 4.69) is 20.9 Å². The van der Waals surface area contributed by atoms with Crippen LogP contribution in [0.25, 0.3) is 11.0 Å². The Balaban J connectivity index is 1.61. The zero-order chi connectivity index (χ0) is 24.4. The van der Waals surface area contributed by atoms with E-state index in [-0.39, 0.29) is 6.67 Å². The molecule has 1 saturated heterocycles. The molecule has 1 fully saturated rings. The smallest absolute Gasteiger partial charge is 0.408 e. The van der Waals surface area contributed by atoms with E-state index in [1.165, 1.54) is 4.68 Å². The molecule has 180 valence electrons. The number of benzene rings is 1. The molecule has 1 aromatic heterocycles.